The lowest BCUT2D eigenvalue weighted by atomic mass is 10.6. The van der Waals surface area contributed by atoms with Crippen molar-refractivity contribution < 1.29 is 9.47 Å². The average molecular weight is 204 g/mol. The van der Waals surface area contributed by atoms with Gasteiger partial charge in [0.15, 0.2) is 5.96 Å². The maximum Gasteiger partial charge on any atom is 0.188 e. The van der Waals surface area contributed by atoms with E-state index < -0.39 is 0 Å². The van der Waals surface area contributed by atoms with Crippen LogP contribution in [0.25, 0.3) is 0 Å². The highest BCUT2D eigenvalue weighted by Gasteiger charge is 1.90. The monoisotopic (exact) mass is 204 g/mol. The Morgan fingerprint density at radius 2 is 1.86 bits per heavy atom. The quantitative estimate of drug-likeness (QED) is 0.254. The van der Waals surface area contributed by atoms with Crippen LogP contribution in [0.5, 0.6) is 0 Å². The second kappa shape index (κ2) is 10.2. The summed E-state index contributed by atoms with van der Waals surface area (Å²) < 4.78 is 10.3. The summed E-state index contributed by atoms with van der Waals surface area (Å²) in [5, 5.41) is 2.88. The number of ether oxygens (including phenoxy) is 2. The Balaban J connectivity index is 2.99. The molecule has 6 nitrogen and oxygen atoms in total. The van der Waals surface area contributed by atoms with E-state index in [1.54, 1.807) is 7.05 Å². The van der Waals surface area contributed by atoms with E-state index in [9.17, 15) is 0 Å². The van der Waals surface area contributed by atoms with Gasteiger partial charge in [0, 0.05) is 20.1 Å². The Kier molecular flexibility index (Phi) is 9.61. The summed E-state index contributed by atoms with van der Waals surface area (Å²) in [7, 11) is 1.63. The molecule has 0 saturated heterocycles. The van der Waals surface area contributed by atoms with E-state index in [-0.39, 0.29) is 0 Å². The molecule has 0 rings (SSSR count). The zero-order valence-corrected chi connectivity index (χ0v) is 8.66. The number of guanidine groups is 1. The number of aliphatic imine (C=N–C) groups is 1. The number of hydrogen-bond acceptors (Lipinski definition) is 4. The highest BCUT2D eigenvalue weighted by molar-refractivity contribution is 5.77. The SMILES string of the molecule is CN=C(N)NCCOCCOCCN. The van der Waals surface area contributed by atoms with Gasteiger partial charge in [-0.25, -0.2) is 0 Å². The summed E-state index contributed by atoms with van der Waals surface area (Å²) >= 11 is 0. The molecule has 0 unspecified atom stereocenters. The van der Waals surface area contributed by atoms with Gasteiger partial charge in [-0.05, 0) is 0 Å². The minimum atomic E-state index is 0.424. The molecule has 6 heteroatoms. The predicted octanol–water partition coefficient (Wildman–Crippen LogP) is -1.49. The summed E-state index contributed by atoms with van der Waals surface area (Å²) in [6.07, 6.45) is 0. The Morgan fingerprint density at radius 1 is 1.21 bits per heavy atom. The third-order valence-electron chi connectivity index (χ3n) is 1.43. The van der Waals surface area contributed by atoms with Gasteiger partial charge < -0.3 is 26.3 Å². The number of nitrogens with one attached hydrogen (secondary N) is 1. The van der Waals surface area contributed by atoms with Gasteiger partial charge in [-0.15, -0.1) is 0 Å². The fraction of sp³-hybridized carbons (Fsp3) is 0.875. The number of nitrogens with zero attached hydrogens (tertiary/aromatic N) is 1. The minimum absolute atomic E-state index is 0.424. The van der Waals surface area contributed by atoms with Gasteiger partial charge in [0.05, 0.1) is 26.4 Å². The van der Waals surface area contributed by atoms with Crippen molar-refractivity contribution >= 4 is 5.96 Å². The maximum atomic E-state index is 5.40. The second-order valence-electron chi connectivity index (χ2n) is 2.55. The van der Waals surface area contributed by atoms with Gasteiger partial charge in [-0.2, -0.15) is 0 Å². The van der Waals surface area contributed by atoms with Crippen LogP contribution < -0.4 is 16.8 Å². The third-order valence-corrected chi connectivity index (χ3v) is 1.43. The normalized spacial score (nSPS) is 11.7. The Morgan fingerprint density at radius 3 is 2.43 bits per heavy atom. The molecule has 0 amide bonds. The number of rotatable bonds is 8. The summed E-state index contributed by atoms with van der Waals surface area (Å²) in [4.78, 5) is 3.74. The van der Waals surface area contributed by atoms with Crippen molar-refractivity contribution in [2.24, 2.45) is 16.5 Å². The molecule has 0 spiro atoms. The zero-order valence-electron chi connectivity index (χ0n) is 8.66. The van der Waals surface area contributed by atoms with Crippen LogP contribution in [0.15, 0.2) is 4.99 Å². The Bertz CT molecular complexity index is 152. The van der Waals surface area contributed by atoms with Gasteiger partial charge in [0.2, 0.25) is 0 Å². The summed E-state index contributed by atoms with van der Waals surface area (Å²) in [5.74, 6) is 0.424. The fourth-order valence-electron chi connectivity index (χ4n) is 0.736. The fourth-order valence-corrected chi connectivity index (χ4v) is 0.736. The van der Waals surface area contributed by atoms with Crippen molar-refractivity contribution in [2.45, 2.75) is 0 Å². The molecular weight excluding hydrogens is 184 g/mol. The molecule has 0 aromatic carbocycles. The van der Waals surface area contributed by atoms with E-state index in [1.165, 1.54) is 0 Å². The molecule has 0 heterocycles. The van der Waals surface area contributed by atoms with E-state index in [2.05, 4.69) is 10.3 Å². The van der Waals surface area contributed by atoms with Crippen molar-refractivity contribution in [3.05, 3.63) is 0 Å². The van der Waals surface area contributed by atoms with Crippen molar-refractivity contribution in [1.82, 2.24) is 5.32 Å². The van der Waals surface area contributed by atoms with Gasteiger partial charge >= 0.3 is 0 Å². The minimum Gasteiger partial charge on any atom is -0.378 e. The molecule has 0 aromatic rings. The standard InChI is InChI=1S/C8H20N4O2/c1-11-8(10)12-3-5-14-7-6-13-4-2-9/h2-7,9H2,1H3,(H3,10,11,12). The van der Waals surface area contributed by atoms with Crippen LogP contribution in [-0.4, -0.2) is 52.5 Å². The molecule has 0 saturated carbocycles. The van der Waals surface area contributed by atoms with Gasteiger partial charge in [0.25, 0.3) is 0 Å². The van der Waals surface area contributed by atoms with Crippen molar-refractivity contribution in [1.29, 1.82) is 0 Å². The largest absolute Gasteiger partial charge is 0.378 e. The highest BCUT2D eigenvalue weighted by Crippen LogP contribution is 1.76. The molecule has 0 fully saturated rings. The zero-order chi connectivity index (χ0) is 10.6. The van der Waals surface area contributed by atoms with Gasteiger partial charge in [-0.1, -0.05) is 0 Å². The van der Waals surface area contributed by atoms with Gasteiger partial charge in [-0.3, -0.25) is 4.99 Å². The van der Waals surface area contributed by atoms with Crippen LogP contribution in [0, 0.1) is 0 Å². The predicted molar refractivity (Wildman–Crippen MR) is 56.2 cm³/mol. The third kappa shape index (κ3) is 9.24. The van der Waals surface area contributed by atoms with Crippen LogP contribution in [0.3, 0.4) is 0 Å². The summed E-state index contributed by atoms with van der Waals surface area (Å²) in [6.45, 7) is 3.52. The van der Waals surface area contributed by atoms with Crippen molar-refractivity contribution in [2.75, 3.05) is 46.6 Å². The molecule has 0 radical (unpaired) electrons. The average Bonchev–Trinajstić information content (AvgIpc) is 2.21. The topological polar surface area (TPSA) is 94.9 Å². The van der Waals surface area contributed by atoms with Crippen molar-refractivity contribution in [3.63, 3.8) is 0 Å². The lowest BCUT2D eigenvalue weighted by Crippen LogP contribution is -2.34. The van der Waals surface area contributed by atoms with E-state index >= 15 is 0 Å². The molecular formula is C8H20N4O2. The van der Waals surface area contributed by atoms with Crippen LogP contribution in [0.2, 0.25) is 0 Å². The van der Waals surface area contributed by atoms with E-state index in [4.69, 9.17) is 20.9 Å². The highest BCUT2D eigenvalue weighted by atomic mass is 16.5. The molecule has 0 aliphatic carbocycles. The molecule has 84 valence electrons. The Hall–Kier alpha value is -0.850. The number of hydrogen-bond donors (Lipinski definition) is 3. The first kappa shape index (κ1) is 13.2. The first-order valence-corrected chi connectivity index (χ1v) is 4.63. The van der Waals surface area contributed by atoms with Crippen LogP contribution in [0.4, 0.5) is 0 Å². The van der Waals surface area contributed by atoms with E-state index in [0.717, 1.165) is 0 Å². The first-order chi connectivity index (χ1) is 6.81. The summed E-state index contributed by atoms with van der Waals surface area (Å²) in [5.41, 5.74) is 10.6. The molecule has 0 aromatic heterocycles. The van der Waals surface area contributed by atoms with E-state index in [0.29, 0.717) is 45.5 Å². The maximum absolute atomic E-state index is 5.40. The lowest BCUT2D eigenvalue weighted by molar-refractivity contribution is 0.0528. The molecule has 14 heavy (non-hydrogen) atoms. The first-order valence-electron chi connectivity index (χ1n) is 4.63. The van der Waals surface area contributed by atoms with E-state index in [1.807, 2.05) is 0 Å². The molecule has 0 aliphatic rings. The van der Waals surface area contributed by atoms with Gasteiger partial charge in [0.1, 0.15) is 0 Å². The molecule has 0 bridgehead atoms. The second-order valence-corrected chi connectivity index (χ2v) is 2.55. The Labute approximate surface area is 84.6 Å². The van der Waals surface area contributed by atoms with Crippen LogP contribution >= 0.6 is 0 Å². The number of nitrogens with two attached hydrogens (primary N) is 2. The molecule has 0 aliphatic heterocycles. The molecule has 5 N–H and O–H groups in total. The smallest absolute Gasteiger partial charge is 0.188 e. The lowest BCUT2D eigenvalue weighted by Gasteiger charge is -2.06. The van der Waals surface area contributed by atoms with Crippen LogP contribution in [0.1, 0.15) is 0 Å². The summed E-state index contributed by atoms with van der Waals surface area (Å²) in [6, 6.07) is 0. The molecule has 0 atom stereocenters. The van der Waals surface area contributed by atoms with Crippen LogP contribution in [-0.2, 0) is 9.47 Å². The van der Waals surface area contributed by atoms with Crippen molar-refractivity contribution in [3.8, 4) is 0 Å².